The van der Waals surface area contributed by atoms with Crippen molar-refractivity contribution in [3.63, 3.8) is 0 Å². The summed E-state index contributed by atoms with van der Waals surface area (Å²) in [4.78, 5) is 13.4. The van der Waals surface area contributed by atoms with Gasteiger partial charge in [0.25, 0.3) is 0 Å². The number of hydrogen-bond acceptors (Lipinski definition) is 4. The molecule has 0 aliphatic heterocycles. The van der Waals surface area contributed by atoms with Crippen LogP contribution in [-0.2, 0) is 11.3 Å². The molecular weight excluding hydrogens is 364 g/mol. The standard InChI is InChI=1S/C19H20N4OS2/c1-13-4-3-5-14(12-13)18-21-22-19(25)23(18)11-10-17(24)20-15-6-8-16(26-2)9-7-15/h3-9,12H,10-11H2,1-2H3,(H,20,24)(H,22,25). The summed E-state index contributed by atoms with van der Waals surface area (Å²) in [5, 5.41) is 10.1. The highest BCUT2D eigenvalue weighted by molar-refractivity contribution is 7.98. The van der Waals surface area contributed by atoms with Crippen molar-refractivity contribution >= 4 is 35.6 Å². The largest absolute Gasteiger partial charge is 0.326 e. The van der Waals surface area contributed by atoms with Crippen molar-refractivity contribution in [2.75, 3.05) is 11.6 Å². The molecule has 0 aliphatic carbocycles. The maximum atomic E-state index is 12.3. The van der Waals surface area contributed by atoms with Crippen molar-refractivity contribution in [2.24, 2.45) is 0 Å². The molecule has 0 aliphatic rings. The molecular formula is C19H20N4OS2. The number of anilines is 1. The van der Waals surface area contributed by atoms with E-state index in [0.717, 1.165) is 27.5 Å². The first kappa shape index (κ1) is 18.4. The number of aromatic amines is 1. The number of thioether (sulfide) groups is 1. The Morgan fingerprint density at radius 2 is 2.04 bits per heavy atom. The molecule has 1 amide bonds. The molecule has 0 unspecified atom stereocenters. The van der Waals surface area contributed by atoms with Crippen molar-refractivity contribution in [3.05, 3.63) is 58.9 Å². The van der Waals surface area contributed by atoms with E-state index in [4.69, 9.17) is 12.2 Å². The first-order valence-electron chi connectivity index (χ1n) is 8.23. The highest BCUT2D eigenvalue weighted by Crippen LogP contribution is 2.20. The monoisotopic (exact) mass is 384 g/mol. The average molecular weight is 385 g/mol. The van der Waals surface area contributed by atoms with Crippen molar-refractivity contribution in [1.82, 2.24) is 14.8 Å². The van der Waals surface area contributed by atoms with Gasteiger partial charge in [0, 0.05) is 29.1 Å². The second kappa shape index (κ2) is 8.33. The first-order valence-corrected chi connectivity index (χ1v) is 9.86. The predicted octanol–water partition coefficient (Wildman–Crippen LogP) is 4.67. The zero-order valence-corrected chi connectivity index (χ0v) is 16.3. The van der Waals surface area contributed by atoms with E-state index >= 15 is 0 Å². The third-order valence-electron chi connectivity index (χ3n) is 3.97. The summed E-state index contributed by atoms with van der Waals surface area (Å²) in [6.07, 6.45) is 2.34. The highest BCUT2D eigenvalue weighted by atomic mass is 32.2. The van der Waals surface area contributed by atoms with Gasteiger partial charge in [0.2, 0.25) is 5.91 Å². The number of amides is 1. The molecule has 0 atom stereocenters. The second-order valence-corrected chi connectivity index (χ2v) is 7.17. The quantitative estimate of drug-likeness (QED) is 0.479. The normalized spacial score (nSPS) is 10.7. The summed E-state index contributed by atoms with van der Waals surface area (Å²) in [7, 11) is 0. The van der Waals surface area contributed by atoms with Gasteiger partial charge in [-0.2, -0.15) is 5.10 Å². The van der Waals surface area contributed by atoms with E-state index in [1.54, 1.807) is 11.8 Å². The number of aryl methyl sites for hydroxylation is 1. The van der Waals surface area contributed by atoms with Crippen molar-refractivity contribution in [3.8, 4) is 11.4 Å². The Labute approximate surface area is 161 Å². The third-order valence-corrected chi connectivity index (χ3v) is 5.03. The summed E-state index contributed by atoms with van der Waals surface area (Å²) >= 11 is 6.99. The number of carbonyl (C=O) groups excluding carboxylic acids is 1. The van der Waals surface area contributed by atoms with Gasteiger partial charge in [-0.05, 0) is 55.7 Å². The minimum atomic E-state index is -0.0554. The van der Waals surface area contributed by atoms with Gasteiger partial charge in [-0.3, -0.25) is 14.5 Å². The van der Waals surface area contributed by atoms with Gasteiger partial charge >= 0.3 is 0 Å². The average Bonchev–Trinajstić information content (AvgIpc) is 3.01. The Hall–Kier alpha value is -2.38. The lowest BCUT2D eigenvalue weighted by atomic mass is 10.1. The Morgan fingerprint density at radius 3 is 2.73 bits per heavy atom. The van der Waals surface area contributed by atoms with Crippen LogP contribution in [0.1, 0.15) is 12.0 Å². The number of aromatic nitrogens is 3. The Balaban J connectivity index is 1.68. The fourth-order valence-corrected chi connectivity index (χ4v) is 3.27. The van der Waals surface area contributed by atoms with E-state index in [9.17, 15) is 4.79 Å². The van der Waals surface area contributed by atoms with E-state index in [1.165, 1.54) is 0 Å². The topological polar surface area (TPSA) is 62.7 Å². The molecule has 0 fully saturated rings. The lowest BCUT2D eigenvalue weighted by Crippen LogP contribution is -2.15. The number of nitrogens with one attached hydrogen (secondary N) is 2. The maximum Gasteiger partial charge on any atom is 0.226 e. The van der Waals surface area contributed by atoms with E-state index < -0.39 is 0 Å². The van der Waals surface area contributed by atoms with Crippen molar-refractivity contribution in [1.29, 1.82) is 0 Å². The molecule has 0 bridgehead atoms. The van der Waals surface area contributed by atoms with Gasteiger partial charge in [0.15, 0.2) is 10.6 Å². The van der Waals surface area contributed by atoms with Crippen LogP contribution in [0.5, 0.6) is 0 Å². The smallest absolute Gasteiger partial charge is 0.226 e. The fourth-order valence-electron chi connectivity index (χ4n) is 2.64. The van der Waals surface area contributed by atoms with E-state index in [2.05, 4.69) is 21.6 Å². The van der Waals surface area contributed by atoms with Gasteiger partial charge in [-0.15, -0.1) is 11.8 Å². The van der Waals surface area contributed by atoms with Gasteiger partial charge < -0.3 is 5.32 Å². The molecule has 3 aromatic rings. The van der Waals surface area contributed by atoms with Gasteiger partial charge in [0.05, 0.1) is 0 Å². The molecule has 2 N–H and O–H groups in total. The van der Waals surface area contributed by atoms with Crippen LogP contribution in [0, 0.1) is 11.7 Å². The van der Waals surface area contributed by atoms with Crippen molar-refractivity contribution < 1.29 is 4.79 Å². The summed E-state index contributed by atoms with van der Waals surface area (Å²) in [6, 6.07) is 15.8. The lowest BCUT2D eigenvalue weighted by Gasteiger charge is -2.09. The second-order valence-electron chi connectivity index (χ2n) is 5.90. The number of nitrogens with zero attached hydrogens (tertiary/aromatic N) is 2. The summed E-state index contributed by atoms with van der Waals surface area (Å²) in [6.45, 7) is 2.50. The molecule has 0 spiro atoms. The Morgan fingerprint density at radius 1 is 1.27 bits per heavy atom. The summed E-state index contributed by atoms with van der Waals surface area (Å²) in [5.41, 5.74) is 2.92. The number of carbonyl (C=O) groups is 1. The molecule has 5 nitrogen and oxygen atoms in total. The number of hydrogen-bond donors (Lipinski definition) is 2. The van der Waals surface area contributed by atoms with E-state index in [1.807, 2.05) is 60.2 Å². The Bertz CT molecular complexity index is 960. The van der Waals surface area contributed by atoms with Gasteiger partial charge in [0.1, 0.15) is 0 Å². The molecule has 134 valence electrons. The molecule has 3 rings (SSSR count). The van der Waals surface area contributed by atoms with E-state index in [0.29, 0.717) is 17.7 Å². The lowest BCUT2D eigenvalue weighted by molar-refractivity contribution is -0.116. The van der Waals surface area contributed by atoms with Crippen LogP contribution in [0.3, 0.4) is 0 Å². The van der Waals surface area contributed by atoms with Gasteiger partial charge in [-0.25, -0.2) is 0 Å². The summed E-state index contributed by atoms with van der Waals surface area (Å²) < 4.78 is 2.37. The number of rotatable bonds is 6. The summed E-state index contributed by atoms with van der Waals surface area (Å²) in [5.74, 6) is 0.691. The molecule has 1 aromatic heterocycles. The highest BCUT2D eigenvalue weighted by Gasteiger charge is 2.11. The minimum Gasteiger partial charge on any atom is -0.326 e. The van der Waals surface area contributed by atoms with Crippen LogP contribution in [-0.4, -0.2) is 26.9 Å². The molecule has 0 saturated carbocycles. The number of H-pyrrole nitrogens is 1. The minimum absolute atomic E-state index is 0.0554. The van der Waals surface area contributed by atoms with Crippen molar-refractivity contribution in [2.45, 2.75) is 24.8 Å². The van der Waals surface area contributed by atoms with Crippen LogP contribution in [0.2, 0.25) is 0 Å². The molecule has 0 saturated heterocycles. The van der Waals surface area contributed by atoms with Crippen LogP contribution in [0.25, 0.3) is 11.4 Å². The van der Waals surface area contributed by atoms with Crippen LogP contribution in [0.4, 0.5) is 5.69 Å². The predicted molar refractivity (Wildman–Crippen MR) is 109 cm³/mol. The third kappa shape index (κ3) is 4.42. The maximum absolute atomic E-state index is 12.3. The Kier molecular flexibility index (Phi) is 5.90. The SMILES string of the molecule is CSc1ccc(NC(=O)CCn2c(-c3cccc(C)c3)n[nH]c2=S)cc1. The van der Waals surface area contributed by atoms with Crippen LogP contribution < -0.4 is 5.32 Å². The van der Waals surface area contributed by atoms with Gasteiger partial charge in [-0.1, -0.05) is 23.8 Å². The molecule has 26 heavy (non-hydrogen) atoms. The fraction of sp³-hybridized carbons (Fsp3) is 0.211. The van der Waals surface area contributed by atoms with E-state index in [-0.39, 0.29) is 5.91 Å². The number of benzene rings is 2. The first-order chi connectivity index (χ1) is 12.6. The molecule has 1 heterocycles. The zero-order chi connectivity index (χ0) is 18.5. The molecule has 7 heteroatoms. The molecule has 2 aromatic carbocycles. The van der Waals surface area contributed by atoms with Crippen LogP contribution >= 0.6 is 24.0 Å². The molecule has 0 radical (unpaired) electrons. The zero-order valence-electron chi connectivity index (χ0n) is 14.7. The van der Waals surface area contributed by atoms with Crippen LogP contribution in [0.15, 0.2) is 53.4 Å².